The molecule has 3 heterocycles. The Hall–Kier alpha value is -1.71. The van der Waals surface area contributed by atoms with Gasteiger partial charge in [-0.3, -0.25) is 14.7 Å². The molecule has 3 fully saturated rings. The molecule has 2 saturated heterocycles. The Kier molecular flexibility index (Phi) is 10.4. The number of aliphatic hydroxyl groups is 1. The van der Waals surface area contributed by atoms with Gasteiger partial charge >= 0.3 is 0 Å². The Bertz CT molecular complexity index is 720. The predicted octanol–water partition coefficient (Wildman–Crippen LogP) is 1.53. The highest BCUT2D eigenvalue weighted by molar-refractivity contribution is 5.23. The lowest BCUT2D eigenvalue weighted by molar-refractivity contribution is 0.0320. The van der Waals surface area contributed by atoms with Crippen molar-refractivity contribution < 1.29 is 14.6 Å². The van der Waals surface area contributed by atoms with Crippen LogP contribution in [0.4, 0.5) is 0 Å². The SMILES string of the molecule is OCCN1CCN(CCNC=C2CCC(c3ccc(OCCN4CCOCC4)nc3)CC2)CC1. The molecule has 0 atom stereocenters. The molecular formula is C26H43N5O3. The van der Waals surface area contributed by atoms with Crippen molar-refractivity contribution in [1.29, 1.82) is 0 Å². The zero-order valence-corrected chi connectivity index (χ0v) is 20.7. The Balaban J connectivity index is 1.09. The fourth-order valence-electron chi connectivity index (χ4n) is 5.11. The fraction of sp³-hybridized carbons (Fsp3) is 0.731. The molecular weight excluding hydrogens is 430 g/mol. The summed E-state index contributed by atoms with van der Waals surface area (Å²) in [5, 5.41) is 12.6. The zero-order chi connectivity index (χ0) is 23.4. The highest BCUT2D eigenvalue weighted by Crippen LogP contribution is 2.35. The van der Waals surface area contributed by atoms with E-state index in [1.165, 1.54) is 18.4 Å². The monoisotopic (exact) mass is 473 g/mol. The first-order chi connectivity index (χ1) is 16.8. The minimum Gasteiger partial charge on any atom is -0.476 e. The number of aromatic nitrogens is 1. The molecule has 34 heavy (non-hydrogen) atoms. The Morgan fingerprint density at radius 3 is 2.35 bits per heavy atom. The van der Waals surface area contributed by atoms with Gasteiger partial charge in [0.05, 0.1) is 19.8 Å². The molecule has 0 unspecified atom stereocenters. The molecule has 0 spiro atoms. The Morgan fingerprint density at radius 2 is 1.68 bits per heavy atom. The maximum absolute atomic E-state index is 9.06. The average Bonchev–Trinajstić information content (AvgIpc) is 2.89. The van der Waals surface area contributed by atoms with Crippen molar-refractivity contribution >= 4 is 0 Å². The molecule has 8 nitrogen and oxygen atoms in total. The first-order valence-electron chi connectivity index (χ1n) is 13.2. The molecule has 3 aliphatic rings. The van der Waals surface area contributed by atoms with E-state index in [4.69, 9.17) is 14.6 Å². The number of nitrogens with zero attached hydrogens (tertiary/aromatic N) is 4. The maximum atomic E-state index is 9.06. The predicted molar refractivity (Wildman–Crippen MR) is 134 cm³/mol. The van der Waals surface area contributed by atoms with E-state index in [9.17, 15) is 0 Å². The second-order valence-electron chi connectivity index (χ2n) is 9.67. The summed E-state index contributed by atoms with van der Waals surface area (Å²) < 4.78 is 11.2. The van der Waals surface area contributed by atoms with Gasteiger partial charge in [-0.05, 0) is 43.4 Å². The molecule has 8 heteroatoms. The first kappa shape index (κ1) is 25.4. The van der Waals surface area contributed by atoms with Crippen LogP contribution in [-0.4, -0.2) is 117 Å². The largest absolute Gasteiger partial charge is 0.476 e. The van der Waals surface area contributed by atoms with Crippen LogP contribution in [0.5, 0.6) is 5.88 Å². The molecule has 1 saturated carbocycles. The van der Waals surface area contributed by atoms with Crippen LogP contribution < -0.4 is 10.1 Å². The molecule has 2 aliphatic heterocycles. The highest BCUT2D eigenvalue weighted by Gasteiger charge is 2.19. The van der Waals surface area contributed by atoms with Gasteiger partial charge in [0.2, 0.25) is 5.88 Å². The smallest absolute Gasteiger partial charge is 0.213 e. The van der Waals surface area contributed by atoms with Gasteiger partial charge < -0.3 is 19.9 Å². The molecule has 0 bridgehead atoms. The number of hydrogen-bond acceptors (Lipinski definition) is 8. The molecule has 4 rings (SSSR count). The van der Waals surface area contributed by atoms with Crippen LogP contribution in [0.1, 0.15) is 37.2 Å². The van der Waals surface area contributed by atoms with Gasteiger partial charge in [0, 0.05) is 77.7 Å². The third-order valence-corrected chi connectivity index (χ3v) is 7.38. The summed E-state index contributed by atoms with van der Waals surface area (Å²) in [6.07, 6.45) is 8.99. The van der Waals surface area contributed by atoms with E-state index < -0.39 is 0 Å². The van der Waals surface area contributed by atoms with Crippen LogP contribution in [0.2, 0.25) is 0 Å². The third-order valence-electron chi connectivity index (χ3n) is 7.38. The van der Waals surface area contributed by atoms with Crippen molar-refractivity contribution in [1.82, 2.24) is 25.0 Å². The number of morpholine rings is 1. The quantitative estimate of drug-likeness (QED) is 0.469. The fourth-order valence-corrected chi connectivity index (χ4v) is 5.11. The number of ether oxygens (including phenoxy) is 2. The maximum Gasteiger partial charge on any atom is 0.213 e. The minimum absolute atomic E-state index is 0.266. The van der Waals surface area contributed by atoms with Crippen LogP contribution >= 0.6 is 0 Å². The summed E-state index contributed by atoms with van der Waals surface area (Å²) in [4.78, 5) is 11.8. The number of piperazine rings is 1. The van der Waals surface area contributed by atoms with Gasteiger partial charge in [0.15, 0.2) is 0 Å². The molecule has 0 amide bonds. The summed E-state index contributed by atoms with van der Waals surface area (Å²) in [7, 11) is 0. The lowest BCUT2D eigenvalue weighted by Crippen LogP contribution is -2.48. The standard InChI is InChI=1S/C26H43N5O3/c32-17-13-30-11-9-29(10-12-30)8-7-27-21-23-1-3-24(4-2-23)25-5-6-26(28-22-25)34-20-16-31-14-18-33-19-15-31/h5-6,21-22,24,27,32H,1-4,7-20H2. The number of aliphatic hydroxyl groups excluding tert-OH is 1. The Morgan fingerprint density at radius 1 is 0.971 bits per heavy atom. The number of pyridine rings is 1. The zero-order valence-electron chi connectivity index (χ0n) is 20.7. The van der Waals surface area contributed by atoms with E-state index in [0.29, 0.717) is 12.5 Å². The highest BCUT2D eigenvalue weighted by atomic mass is 16.5. The summed E-state index contributed by atoms with van der Waals surface area (Å²) in [6.45, 7) is 12.8. The van der Waals surface area contributed by atoms with E-state index >= 15 is 0 Å². The topological polar surface area (TPSA) is 73.3 Å². The van der Waals surface area contributed by atoms with Crippen molar-refractivity contribution in [2.75, 3.05) is 91.9 Å². The second-order valence-corrected chi connectivity index (χ2v) is 9.67. The molecule has 1 aromatic heterocycles. The summed E-state index contributed by atoms with van der Waals surface area (Å²) >= 11 is 0. The van der Waals surface area contributed by atoms with Crippen molar-refractivity contribution in [3.63, 3.8) is 0 Å². The van der Waals surface area contributed by atoms with Gasteiger partial charge in [0.1, 0.15) is 6.61 Å². The van der Waals surface area contributed by atoms with Crippen LogP contribution in [0.15, 0.2) is 30.1 Å². The van der Waals surface area contributed by atoms with Crippen molar-refractivity contribution in [3.8, 4) is 5.88 Å². The lowest BCUT2D eigenvalue weighted by Gasteiger charge is -2.34. The van der Waals surface area contributed by atoms with Crippen LogP contribution in [0.3, 0.4) is 0 Å². The molecule has 1 aliphatic carbocycles. The first-order valence-corrected chi connectivity index (χ1v) is 13.2. The number of hydrogen-bond donors (Lipinski definition) is 2. The van der Waals surface area contributed by atoms with Gasteiger partial charge in [-0.2, -0.15) is 0 Å². The number of β-amino-alcohol motifs (C(OH)–C–C–N with tert-alkyl or cyclic N) is 1. The normalized spacial score (nSPS) is 23.1. The van der Waals surface area contributed by atoms with E-state index in [1.807, 2.05) is 12.3 Å². The lowest BCUT2D eigenvalue weighted by atomic mass is 9.82. The van der Waals surface area contributed by atoms with Gasteiger partial charge in [-0.25, -0.2) is 4.98 Å². The van der Waals surface area contributed by atoms with Gasteiger partial charge in [-0.1, -0.05) is 11.6 Å². The van der Waals surface area contributed by atoms with Gasteiger partial charge in [0.25, 0.3) is 0 Å². The van der Waals surface area contributed by atoms with Crippen molar-refractivity contribution in [3.05, 3.63) is 35.7 Å². The molecule has 1 aromatic rings. The summed E-state index contributed by atoms with van der Waals surface area (Å²) in [5.41, 5.74) is 2.88. The van der Waals surface area contributed by atoms with E-state index in [0.717, 1.165) is 97.4 Å². The minimum atomic E-state index is 0.266. The van der Waals surface area contributed by atoms with Crippen LogP contribution in [0, 0.1) is 0 Å². The molecule has 0 radical (unpaired) electrons. The average molecular weight is 474 g/mol. The number of rotatable bonds is 11. The summed E-state index contributed by atoms with van der Waals surface area (Å²) in [5.74, 6) is 1.33. The Labute approximate surface area is 204 Å². The number of allylic oxidation sites excluding steroid dienone is 1. The van der Waals surface area contributed by atoms with Crippen molar-refractivity contribution in [2.24, 2.45) is 0 Å². The van der Waals surface area contributed by atoms with Crippen LogP contribution in [0.25, 0.3) is 0 Å². The molecule has 2 N–H and O–H groups in total. The number of nitrogens with one attached hydrogen (secondary N) is 1. The third kappa shape index (κ3) is 8.20. The van der Waals surface area contributed by atoms with Gasteiger partial charge in [-0.15, -0.1) is 0 Å². The van der Waals surface area contributed by atoms with Crippen LogP contribution in [-0.2, 0) is 4.74 Å². The van der Waals surface area contributed by atoms with E-state index in [-0.39, 0.29) is 6.61 Å². The second kappa shape index (κ2) is 14.0. The van der Waals surface area contributed by atoms with E-state index in [2.05, 4.69) is 37.3 Å². The summed E-state index contributed by atoms with van der Waals surface area (Å²) in [6, 6.07) is 4.24. The van der Waals surface area contributed by atoms with E-state index in [1.54, 1.807) is 5.57 Å². The molecule has 190 valence electrons. The molecule has 0 aromatic carbocycles. The van der Waals surface area contributed by atoms with Crippen molar-refractivity contribution in [2.45, 2.75) is 31.6 Å².